The van der Waals surface area contributed by atoms with Crippen molar-refractivity contribution in [3.05, 3.63) is 58.9 Å². The van der Waals surface area contributed by atoms with Crippen LogP contribution < -0.4 is 5.73 Å². The van der Waals surface area contributed by atoms with Gasteiger partial charge in [0.2, 0.25) is 0 Å². The lowest BCUT2D eigenvalue weighted by Crippen LogP contribution is -1.98. The number of nitrogens with two attached hydrogens (primary N) is 1. The molecule has 0 bridgehead atoms. The van der Waals surface area contributed by atoms with Crippen LogP contribution in [0.15, 0.2) is 48.4 Å². The first-order valence-electron chi connectivity index (χ1n) is 7.63. The van der Waals surface area contributed by atoms with Gasteiger partial charge in [-0.15, -0.1) is 11.3 Å². The molecule has 126 valence electrons. The minimum absolute atomic E-state index is 0.307. The number of nitrogen functional groups attached to an aromatic ring is 1. The van der Waals surface area contributed by atoms with Crippen LogP contribution >= 0.6 is 11.3 Å². The number of nitrogens with zero attached hydrogens (tertiary/aromatic N) is 5. The fourth-order valence-electron chi connectivity index (χ4n) is 2.33. The number of aliphatic hydroxyl groups is 1. The first kappa shape index (κ1) is 16.1. The lowest BCUT2D eigenvalue weighted by Gasteiger charge is -2.04. The molecule has 1 atom stereocenters. The van der Waals surface area contributed by atoms with Crippen LogP contribution in [0.5, 0.6) is 0 Å². The minimum atomic E-state index is -0.910. The summed E-state index contributed by atoms with van der Waals surface area (Å²) in [6.45, 7) is 0. The summed E-state index contributed by atoms with van der Waals surface area (Å²) in [7, 11) is 0. The van der Waals surface area contributed by atoms with E-state index in [4.69, 9.17) is 5.73 Å². The Kier molecular flexibility index (Phi) is 4.23. The first-order valence-corrected chi connectivity index (χ1v) is 8.51. The van der Waals surface area contributed by atoms with Crippen molar-refractivity contribution in [1.82, 2.24) is 24.9 Å². The predicted molar refractivity (Wildman–Crippen MR) is 98.9 cm³/mol. The summed E-state index contributed by atoms with van der Waals surface area (Å²) in [6.07, 6.45) is 3.72. The van der Waals surface area contributed by atoms with Gasteiger partial charge in [0.25, 0.3) is 0 Å². The maximum atomic E-state index is 10.0. The third kappa shape index (κ3) is 3.21. The second kappa shape index (κ2) is 6.84. The number of aromatic nitrogens is 5. The highest BCUT2D eigenvalue weighted by Gasteiger charge is 2.08. The lowest BCUT2D eigenvalue weighted by atomic mass is 10.1. The summed E-state index contributed by atoms with van der Waals surface area (Å²) in [4.78, 5) is 20.9. The van der Waals surface area contributed by atoms with Crippen molar-refractivity contribution >= 4 is 28.2 Å². The largest absolute Gasteiger partial charge is 0.382 e. The molecule has 3 aromatic heterocycles. The molecular weight excluding hydrogens is 348 g/mol. The van der Waals surface area contributed by atoms with Crippen LogP contribution in [0.3, 0.4) is 0 Å². The number of hydrogen-bond acceptors (Lipinski definition) is 8. The van der Waals surface area contributed by atoms with Crippen molar-refractivity contribution in [2.24, 2.45) is 0 Å². The minimum Gasteiger partial charge on any atom is -0.382 e. The zero-order chi connectivity index (χ0) is 17.9. The summed E-state index contributed by atoms with van der Waals surface area (Å²) in [5.41, 5.74) is 8.48. The highest BCUT2D eigenvalue weighted by molar-refractivity contribution is 7.09. The predicted octanol–water partition coefficient (Wildman–Crippen LogP) is 2.21. The Bertz CT molecular complexity index is 1130. The Morgan fingerprint density at radius 2 is 2.08 bits per heavy atom. The molecule has 7 nitrogen and oxygen atoms in total. The molecule has 0 saturated heterocycles. The van der Waals surface area contributed by atoms with Gasteiger partial charge in [-0.3, -0.25) is 0 Å². The van der Waals surface area contributed by atoms with Gasteiger partial charge in [-0.05, 0) is 12.1 Å². The topological polar surface area (TPSA) is 111 Å². The molecule has 26 heavy (non-hydrogen) atoms. The molecule has 4 aromatic rings. The first-order chi connectivity index (χ1) is 12.7. The third-order valence-electron chi connectivity index (χ3n) is 3.57. The molecule has 0 unspecified atom stereocenters. The fourth-order valence-corrected chi connectivity index (χ4v) is 2.90. The van der Waals surface area contributed by atoms with E-state index in [1.165, 1.54) is 17.7 Å². The number of benzene rings is 1. The van der Waals surface area contributed by atoms with Gasteiger partial charge in [0.05, 0.1) is 6.20 Å². The maximum Gasteiger partial charge on any atom is 0.166 e. The highest BCUT2D eigenvalue weighted by atomic mass is 32.1. The molecule has 0 aliphatic rings. The van der Waals surface area contributed by atoms with Crippen LogP contribution in [0.1, 0.15) is 16.7 Å². The van der Waals surface area contributed by atoms with Crippen molar-refractivity contribution in [3.63, 3.8) is 0 Å². The number of aliphatic hydroxyl groups excluding tert-OH is 1. The van der Waals surface area contributed by atoms with E-state index in [2.05, 4.69) is 36.8 Å². The molecule has 0 spiro atoms. The normalized spacial score (nSPS) is 11.7. The van der Waals surface area contributed by atoms with Gasteiger partial charge < -0.3 is 10.8 Å². The smallest absolute Gasteiger partial charge is 0.166 e. The van der Waals surface area contributed by atoms with E-state index < -0.39 is 6.10 Å². The second-order valence-corrected chi connectivity index (χ2v) is 6.24. The van der Waals surface area contributed by atoms with Crippen LogP contribution in [-0.4, -0.2) is 30.0 Å². The molecule has 3 heterocycles. The van der Waals surface area contributed by atoms with Crippen molar-refractivity contribution in [3.8, 4) is 23.2 Å². The Morgan fingerprint density at radius 3 is 2.92 bits per heavy atom. The number of anilines is 1. The van der Waals surface area contributed by atoms with Gasteiger partial charge in [0.15, 0.2) is 17.7 Å². The third-order valence-corrected chi connectivity index (χ3v) is 4.39. The van der Waals surface area contributed by atoms with Gasteiger partial charge in [0.1, 0.15) is 22.4 Å². The lowest BCUT2D eigenvalue weighted by molar-refractivity contribution is 0.238. The molecule has 3 N–H and O–H groups in total. The molecule has 0 fully saturated rings. The van der Waals surface area contributed by atoms with E-state index in [1.807, 2.05) is 24.3 Å². The monoisotopic (exact) mass is 360 g/mol. The maximum absolute atomic E-state index is 10.0. The zero-order valence-electron chi connectivity index (χ0n) is 13.4. The Hall–Kier alpha value is -3.41. The highest BCUT2D eigenvalue weighted by Crippen LogP contribution is 2.20. The van der Waals surface area contributed by atoms with Crippen LogP contribution in [-0.2, 0) is 0 Å². The van der Waals surface area contributed by atoms with Crippen LogP contribution in [0.25, 0.3) is 22.4 Å². The summed E-state index contributed by atoms with van der Waals surface area (Å²) >= 11 is 1.36. The molecule has 0 amide bonds. The van der Waals surface area contributed by atoms with Crippen LogP contribution in [0.2, 0.25) is 0 Å². The van der Waals surface area contributed by atoms with Crippen LogP contribution in [0, 0.1) is 11.8 Å². The molecular formula is C18H12N6OS. The molecule has 8 heteroatoms. The van der Waals surface area contributed by atoms with E-state index in [1.54, 1.807) is 17.8 Å². The van der Waals surface area contributed by atoms with Crippen molar-refractivity contribution in [2.45, 2.75) is 6.10 Å². The number of hydrogen-bond donors (Lipinski definition) is 2. The van der Waals surface area contributed by atoms with E-state index in [0.29, 0.717) is 27.7 Å². The van der Waals surface area contributed by atoms with E-state index in [9.17, 15) is 5.11 Å². The second-order valence-electron chi connectivity index (χ2n) is 5.31. The molecule has 0 aliphatic carbocycles. The van der Waals surface area contributed by atoms with Gasteiger partial charge in [-0.1, -0.05) is 24.0 Å². The summed E-state index contributed by atoms with van der Waals surface area (Å²) in [6, 6.07) is 7.43. The fraction of sp³-hybridized carbons (Fsp3) is 0.0556. The molecule has 0 aliphatic heterocycles. The number of rotatable bonds is 2. The van der Waals surface area contributed by atoms with Gasteiger partial charge >= 0.3 is 0 Å². The van der Waals surface area contributed by atoms with Crippen LogP contribution in [0.4, 0.5) is 5.82 Å². The number of fused-ring (bicyclic) bond motifs is 1. The summed E-state index contributed by atoms with van der Waals surface area (Å²) < 4.78 is 0. The van der Waals surface area contributed by atoms with Crippen molar-refractivity contribution in [2.75, 3.05) is 5.73 Å². The van der Waals surface area contributed by atoms with Crippen molar-refractivity contribution < 1.29 is 5.11 Å². The van der Waals surface area contributed by atoms with Crippen molar-refractivity contribution in [1.29, 1.82) is 0 Å². The molecule has 0 radical (unpaired) electrons. The van der Waals surface area contributed by atoms with Gasteiger partial charge in [-0.25, -0.2) is 24.9 Å². The van der Waals surface area contributed by atoms with E-state index in [-0.39, 0.29) is 0 Å². The quantitative estimate of drug-likeness (QED) is 0.527. The van der Waals surface area contributed by atoms with E-state index in [0.717, 1.165) is 11.1 Å². The SMILES string of the molecule is Nc1ncnc2cnc(-c3cccc(C#C[C@@H](O)c4nccs4)c3)nc12. The number of thiazole rings is 1. The summed E-state index contributed by atoms with van der Waals surface area (Å²) in [5.74, 6) is 6.55. The van der Waals surface area contributed by atoms with Gasteiger partial charge in [0, 0.05) is 22.7 Å². The van der Waals surface area contributed by atoms with E-state index >= 15 is 0 Å². The average Bonchev–Trinajstić information content (AvgIpc) is 3.21. The Morgan fingerprint density at radius 1 is 1.15 bits per heavy atom. The molecule has 4 rings (SSSR count). The Labute approximate surface area is 152 Å². The molecule has 1 aromatic carbocycles. The molecule has 0 saturated carbocycles. The average molecular weight is 360 g/mol. The standard InChI is InChI=1S/C18H12N6OS/c19-16-15-13(22-10-23-16)9-21-17(24-15)12-3-1-2-11(8-12)4-5-14(25)18-20-6-7-26-18/h1-3,6-10,14,25H,(H2,19,22,23)/t14-/m1/s1. The van der Waals surface area contributed by atoms with Gasteiger partial charge in [-0.2, -0.15) is 0 Å². The summed E-state index contributed by atoms with van der Waals surface area (Å²) in [5, 5.41) is 12.4. The zero-order valence-corrected chi connectivity index (χ0v) is 14.2. The Balaban J connectivity index is 1.67.